The predicted molar refractivity (Wildman–Crippen MR) is 104 cm³/mol. The number of piperazine rings is 1. The number of carbonyl (C=O) groups excluding carboxylic acids is 3. The third kappa shape index (κ3) is 4.90. The van der Waals surface area contributed by atoms with Crippen LogP contribution in [0.4, 0.5) is 10.1 Å². The molecule has 0 bridgehead atoms. The monoisotopic (exact) mass is 400 g/mol. The van der Waals surface area contributed by atoms with Gasteiger partial charge in [-0.3, -0.25) is 9.59 Å². The number of anilines is 1. The van der Waals surface area contributed by atoms with Gasteiger partial charge in [-0.15, -0.1) is 0 Å². The van der Waals surface area contributed by atoms with Crippen LogP contribution in [0.15, 0.2) is 42.5 Å². The van der Waals surface area contributed by atoms with Gasteiger partial charge in [0.1, 0.15) is 11.6 Å². The second-order valence-electron chi connectivity index (χ2n) is 6.72. The molecule has 0 aliphatic carbocycles. The van der Waals surface area contributed by atoms with Gasteiger partial charge in [0.15, 0.2) is 12.4 Å². The van der Waals surface area contributed by atoms with E-state index in [0.29, 0.717) is 37.4 Å². The van der Waals surface area contributed by atoms with Crippen LogP contribution in [0.1, 0.15) is 27.6 Å². The van der Waals surface area contributed by atoms with Gasteiger partial charge < -0.3 is 19.6 Å². The summed E-state index contributed by atoms with van der Waals surface area (Å²) in [4.78, 5) is 39.0. The molecule has 29 heavy (non-hydrogen) atoms. The second kappa shape index (κ2) is 8.72. The van der Waals surface area contributed by atoms with Crippen LogP contribution < -0.4 is 4.90 Å². The molecule has 8 heteroatoms. The SMILES string of the molecule is CC(=O)c1ccc(N2CCN(C(=O)COC(=O)c3cccc(O)c3)CC2)c(F)c1. The summed E-state index contributed by atoms with van der Waals surface area (Å²) < 4.78 is 19.3. The van der Waals surface area contributed by atoms with E-state index < -0.39 is 18.4 Å². The number of rotatable bonds is 5. The van der Waals surface area contributed by atoms with E-state index in [2.05, 4.69) is 0 Å². The van der Waals surface area contributed by atoms with E-state index in [1.54, 1.807) is 17.0 Å². The molecule has 1 saturated heterocycles. The van der Waals surface area contributed by atoms with E-state index in [0.717, 1.165) is 0 Å². The van der Waals surface area contributed by atoms with Crippen molar-refractivity contribution in [3.05, 3.63) is 59.4 Å². The Hall–Kier alpha value is -3.42. The summed E-state index contributed by atoms with van der Waals surface area (Å²) in [7, 11) is 0. The number of hydrogen-bond donors (Lipinski definition) is 1. The molecule has 152 valence electrons. The highest BCUT2D eigenvalue weighted by atomic mass is 19.1. The molecule has 3 rings (SSSR count). The number of benzene rings is 2. The summed E-state index contributed by atoms with van der Waals surface area (Å²) in [5.41, 5.74) is 0.859. The Kier molecular flexibility index (Phi) is 6.11. The zero-order chi connectivity index (χ0) is 21.0. The smallest absolute Gasteiger partial charge is 0.338 e. The maximum atomic E-state index is 14.3. The number of aromatic hydroxyl groups is 1. The van der Waals surface area contributed by atoms with E-state index in [1.165, 1.54) is 37.3 Å². The van der Waals surface area contributed by atoms with Crippen LogP contribution in [0, 0.1) is 5.82 Å². The van der Waals surface area contributed by atoms with Gasteiger partial charge in [-0.1, -0.05) is 6.07 Å². The van der Waals surface area contributed by atoms with Crippen molar-refractivity contribution in [1.82, 2.24) is 4.90 Å². The maximum absolute atomic E-state index is 14.3. The number of phenols is 1. The number of nitrogens with zero attached hydrogens (tertiary/aromatic N) is 2. The van der Waals surface area contributed by atoms with E-state index in [4.69, 9.17) is 4.74 Å². The fraction of sp³-hybridized carbons (Fsp3) is 0.286. The molecule has 0 radical (unpaired) electrons. The van der Waals surface area contributed by atoms with Crippen molar-refractivity contribution in [3.63, 3.8) is 0 Å². The Labute approximate surface area is 167 Å². The molecular weight excluding hydrogens is 379 g/mol. The lowest BCUT2D eigenvalue weighted by molar-refractivity contribution is -0.134. The van der Waals surface area contributed by atoms with E-state index in [9.17, 15) is 23.9 Å². The first-order chi connectivity index (χ1) is 13.8. The van der Waals surface area contributed by atoms with Crippen molar-refractivity contribution in [2.24, 2.45) is 0 Å². The number of halogens is 1. The van der Waals surface area contributed by atoms with Crippen LogP contribution >= 0.6 is 0 Å². The number of phenolic OH excluding ortho intramolecular Hbond substituents is 1. The normalized spacial score (nSPS) is 13.9. The zero-order valence-corrected chi connectivity index (χ0v) is 15.9. The van der Waals surface area contributed by atoms with E-state index in [-0.39, 0.29) is 23.0 Å². The molecule has 1 amide bonds. The fourth-order valence-corrected chi connectivity index (χ4v) is 3.11. The van der Waals surface area contributed by atoms with Crippen molar-refractivity contribution in [3.8, 4) is 5.75 Å². The molecule has 1 N–H and O–H groups in total. The molecule has 1 fully saturated rings. The number of carbonyl (C=O) groups is 3. The number of esters is 1. The van der Waals surface area contributed by atoms with E-state index >= 15 is 0 Å². The van der Waals surface area contributed by atoms with Gasteiger partial charge in [0.05, 0.1) is 11.3 Å². The predicted octanol–water partition coefficient (Wildman–Crippen LogP) is 2.24. The third-order valence-corrected chi connectivity index (χ3v) is 4.74. The summed E-state index contributed by atoms with van der Waals surface area (Å²) in [5, 5.41) is 9.39. The van der Waals surface area contributed by atoms with Gasteiger partial charge in [0.2, 0.25) is 0 Å². The Morgan fingerprint density at radius 2 is 1.76 bits per heavy atom. The number of amides is 1. The number of ketones is 1. The van der Waals surface area contributed by atoms with Crippen molar-refractivity contribution in [1.29, 1.82) is 0 Å². The van der Waals surface area contributed by atoms with E-state index in [1.807, 2.05) is 4.90 Å². The highest BCUT2D eigenvalue weighted by Gasteiger charge is 2.24. The fourth-order valence-electron chi connectivity index (χ4n) is 3.11. The highest BCUT2D eigenvalue weighted by Crippen LogP contribution is 2.22. The van der Waals surface area contributed by atoms with Gasteiger partial charge in [0.25, 0.3) is 5.91 Å². The van der Waals surface area contributed by atoms with Crippen molar-refractivity contribution >= 4 is 23.3 Å². The van der Waals surface area contributed by atoms with Gasteiger partial charge >= 0.3 is 5.97 Å². The molecule has 2 aromatic rings. The summed E-state index contributed by atoms with van der Waals surface area (Å²) in [6, 6.07) is 10.1. The Balaban J connectivity index is 1.52. The van der Waals surface area contributed by atoms with Gasteiger partial charge in [-0.25, -0.2) is 9.18 Å². The summed E-state index contributed by atoms with van der Waals surface area (Å²) in [6.07, 6.45) is 0. The Bertz CT molecular complexity index is 938. The van der Waals surface area contributed by atoms with Crippen LogP contribution in [-0.4, -0.2) is 60.5 Å². The number of Topliss-reactive ketones (excluding diaryl/α,β-unsaturated/α-hetero) is 1. The minimum Gasteiger partial charge on any atom is -0.508 e. The van der Waals surface area contributed by atoms with Crippen LogP contribution in [0.25, 0.3) is 0 Å². The highest BCUT2D eigenvalue weighted by molar-refractivity contribution is 5.94. The summed E-state index contributed by atoms with van der Waals surface area (Å²) in [5.74, 6) is -1.78. The molecule has 0 unspecified atom stereocenters. The van der Waals surface area contributed by atoms with Gasteiger partial charge in [-0.05, 0) is 43.3 Å². The summed E-state index contributed by atoms with van der Waals surface area (Å²) in [6.45, 7) is 2.53. The molecular formula is C21H21FN2O5. The topological polar surface area (TPSA) is 87.2 Å². The quantitative estimate of drug-likeness (QED) is 0.612. The molecule has 1 aliphatic rings. The van der Waals surface area contributed by atoms with Crippen LogP contribution in [0.5, 0.6) is 5.75 Å². The van der Waals surface area contributed by atoms with Crippen molar-refractivity contribution < 1.29 is 28.6 Å². The molecule has 1 aliphatic heterocycles. The molecule has 1 heterocycles. The lowest BCUT2D eigenvalue weighted by Crippen LogP contribution is -2.50. The average molecular weight is 400 g/mol. The second-order valence-corrected chi connectivity index (χ2v) is 6.72. The maximum Gasteiger partial charge on any atom is 0.338 e. The lowest BCUT2D eigenvalue weighted by atomic mass is 10.1. The molecule has 0 spiro atoms. The van der Waals surface area contributed by atoms with Crippen LogP contribution in [-0.2, 0) is 9.53 Å². The first-order valence-electron chi connectivity index (χ1n) is 9.14. The largest absolute Gasteiger partial charge is 0.508 e. The third-order valence-electron chi connectivity index (χ3n) is 4.74. The molecule has 0 atom stereocenters. The van der Waals surface area contributed by atoms with Crippen LogP contribution in [0.3, 0.4) is 0 Å². The first-order valence-corrected chi connectivity index (χ1v) is 9.14. The minimum absolute atomic E-state index is 0.0644. The molecule has 0 aromatic heterocycles. The van der Waals surface area contributed by atoms with Gasteiger partial charge in [0, 0.05) is 31.7 Å². The Morgan fingerprint density at radius 1 is 1.03 bits per heavy atom. The van der Waals surface area contributed by atoms with Crippen molar-refractivity contribution in [2.45, 2.75) is 6.92 Å². The number of hydrogen-bond acceptors (Lipinski definition) is 6. The number of ether oxygens (including phenoxy) is 1. The molecule has 2 aromatic carbocycles. The lowest BCUT2D eigenvalue weighted by Gasteiger charge is -2.36. The minimum atomic E-state index is -0.694. The summed E-state index contributed by atoms with van der Waals surface area (Å²) >= 11 is 0. The standard InChI is InChI=1S/C21H21FN2O5/c1-14(25)15-5-6-19(18(22)12-15)23-7-9-24(10-8-23)20(27)13-29-21(28)16-3-2-4-17(26)11-16/h2-6,11-12,26H,7-10,13H2,1H3. The van der Waals surface area contributed by atoms with Crippen LogP contribution in [0.2, 0.25) is 0 Å². The average Bonchev–Trinajstić information content (AvgIpc) is 2.71. The Morgan fingerprint density at radius 3 is 2.38 bits per heavy atom. The van der Waals surface area contributed by atoms with Gasteiger partial charge in [-0.2, -0.15) is 0 Å². The molecule has 0 saturated carbocycles. The first kappa shape index (κ1) is 20.3. The van der Waals surface area contributed by atoms with Crippen molar-refractivity contribution in [2.75, 3.05) is 37.7 Å². The zero-order valence-electron chi connectivity index (χ0n) is 15.9. The molecule has 7 nitrogen and oxygen atoms in total.